The van der Waals surface area contributed by atoms with Crippen molar-refractivity contribution in [2.24, 2.45) is 0 Å². The van der Waals surface area contributed by atoms with Gasteiger partial charge in [0.1, 0.15) is 0 Å². The second kappa shape index (κ2) is 5.48. The molecule has 0 aromatic carbocycles. The number of hydrogen-bond acceptors (Lipinski definition) is 3. The maximum Gasteiger partial charge on any atom is 0.244 e. The number of rotatable bonds is 4. The number of nitrogens with one attached hydrogen (secondary N) is 1. The molecule has 0 saturated heterocycles. The van der Waals surface area contributed by atoms with Gasteiger partial charge in [0.05, 0.1) is 9.94 Å². The predicted molar refractivity (Wildman–Crippen MR) is 67.7 cm³/mol. The Balaban J connectivity index is 2.43. The van der Waals surface area contributed by atoms with Gasteiger partial charge in [-0.05, 0) is 32.1 Å². The van der Waals surface area contributed by atoms with Crippen molar-refractivity contribution in [1.82, 2.24) is 5.32 Å². The summed E-state index contributed by atoms with van der Waals surface area (Å²) in [5.74, 6) is -0.230. The Morgan fingerprint density at radius 1 is 1.62 bits per heavy atom. The Bertz CT molecular complexity index is 393. The zero-order valence-electron chi connectivity index (χ0n) is 9.16. The Kier molecular flexibility index (Phi) is 4.53. The van der Waals surface area contributed by atoms with Gasteiger partial charge in [-0.25, -0.2) is 0 Å². The molecule has 5 heteroatoms. The standard InChI is InChI=1S/C11H14ClNO2S/c1-11(2,15)7-13-10(14)6-4-8-3-5-9(12)16-8/h3-6,15H,7H2,1-2H3,(H,13,14). The van der Waals surface area contributed by atoms with Crippen LogP contribution in [0, 0.1) is 0 Å². The summed E-state index contributed by atoms with van der Waals surface area (Å²) in [6, 6.07) is 3.62. The van der Waals surface area contributed by atoms with E-state index in [1.807, 2.05) is 6.07 Å². The van der Waals surface area contributed by atoms with Crippen LogP contribution in [0.1, 0.15) is 18.7 Å². The normalized spacial score (nSPS) is 12.0. The average molecular weight is 260 g/mol. The molecule has 0 fully saturated rings. The highest BCUT2D eigenvalue weighted by molar-refractivity contribution is 7.17. The summed E-state index contributed by atoms with van der Waals surface area (Å²) in [5.41, 5.74) is -0.893. The number of halogens is 1. The van der Waals surface area contributed by atoms with Crippen molar-refractivity contribution in [3.63, 3.8) is 0 Å². The van der Waals surface area contributed by atoms with Gasteiger partial charge < -0.3 is 10.4 Å². The molecule has 0 bridgehead atoms. The van der Waals surface area contributed by atoms with Crippen LogP contribution in [0.4, 0.5) is 0 Å². The zero-order chi connectivity index (χ0) is 12.2. The van der Waals surface area contributed by atoms with Crippen LogP contribution in [-0.4, -0.2) is 23.2 Å². The minimum absolute atomic E-state index is 0.224. The SMILES string of the molecule is CC(C)(O)CNC(=O)C=Cc1ccc(Cl)s1. The first-order valence-electron chi connectivity index (χ1n) is 4.80. The molecule has 0 atom stereocenters. The summed E-state index contributed by atoms with van der Waals surface area (Å²) >= 11 is 7.15. The van der Waals surface area contributed by atoms with Gasteiger partial charge in [0.2, 0.25) is 5.91 Å². The van der Waals surface area contributed by atoms with Crippen LogP contribution in [0.15, 0.2) is 18.2 Å². The number of aliphatic hydroxyl groups is 1. The highest BCUT2D eigenvalue weighted by Crippen LogP contribution is 2.22. The maximum absolute atomic E-state index is 11.3. The molecule has 1 amide bonds. The van der Waals surface area contributed by atoms with E-state index in [0.717, 1.165) is 4.88 Å². The van der Waals surface area contributed by atoms with Gasteiger partial charge in [-0.2, -0.15) is 0 Å². The van der Waals surface area contributed by atoms with Gasteiger partial charge in [0, 0.05) is 17.5 Å². The lowest BCUT2D eigenvalue weighted by atomic mass is 10.1. The first-order chi connectivity index (χ1) is 7.37. The predicted octanol–water partition coefficient (Wildman–Crippen LogP) is 2.30. The molecule has 0 aliphatic rings. The molecule has 16 heavy (non-hydrogen) atoms. The molecule has 1 aromatic rings. The summed E-state index contributed by atoms with van der Waals surface area (Å²) in [5, 5.41) is 12.0. The summed E-state index contributed by atoms with van der Waals surface area (Å²) in [6.07, 6.45) is 3.12. The minimum atomic E-state index is -0.893. The first kappa shape index (κ1) is 13.2. The third-order valence-electron chi connectivity index (χ3n) is 1.69. The Morgan fingerprint density at radius 2 is 2.31 bits per heavy atom. The smallest absolute Gasteiger partial charge is 0.244 e. The van der Waals surface area contributed by atoms with Crippen molar-refractivity contribution < 1.29 is 9.90 Å². The first-order valence-corrected chi connectivity index (χ1v) is 6.00. The van der Waals surface area contributed by atoms with Gasteiger partial charge in [-0.3, -0.25) is 4.79 Å². The molecule has 0 saturated carbocycles. The van der Waals surface area contributed by atoms with Gasteiger partial charge in [0.15, 0.2) is 0 Å². The lowest BCUT2D eigenvalue weighted by Crippen LogP contribution is -2.37. The van der Waals surface area contributed by atoms with E-state index in [4.69, 9.17) is 11.6 Å². The van der Waals surface area contributed by atoms with E-state index < -0.39 is 5.60 Å². The highest BCUT2D eigenvalue weighted by atomic mass is 35.5. The number of thiophene rings is 1. The Morgan fingerprint density at radius 3 is 2.81 bits per heavy atom. The van der Waals surface area contributed by atoms with Crippen LogP contribution in [0.3, 0.4) is 0 Å². The van der Waals surface area contributed by atoms with Gasteiger partial charge in [0.25, 0.3) is 0 Å². The van der Waals surface area contributed by atoms with Crippen molar-refractivity contribution in [2.45, 2.75) is 19.4 Å². The monoisotopic (exact) mass is 259 g/mol. The van der Waals surface area contributed by atoms with Crippen LogP contribution in [0.5, 0.6) is 0 Å². The second-order valence-electron chi connectivity index (χ2n) is 4.01. The lowest BCUT2D eigenvalue weighted by molar-refractivity contribution is -0.117. The number of hydrogen-bond donors (Lipinski definition) is 2. The molecule has 0 radical (unpaired) electrons. The molecule has 0 aliphatic carbocycles. The number of amides is 1. The van der Waals surface area contributed by atoms with E-state index in [1.54, 1.807) is 26.0 Å². The average Bonchev–Trinajstić information content (AvgIpc) is 2.57. The lowest BCUT2D eigenvalue weighted by Gasteiger charge is -2.16. The molecule has 1 aromatic heterocycles. The Labute approximate surface area is 104 Å². The van der Waals surface area contributed by atoms with E-state index in [1.165, 1.54) is 17.4 Å². The molecule has 2 N–H and O–H groups in total. The summed E-state index contributed by atoms with van der Waals surface area (Å²) in [4.78, 5) is 12.3. The molecule has 1 rings (SSSR count). The molecule has 88 valence electrons. The molecular formula is C11H14ClNO2S. The summed E-state index contributed by atoms with van der Waals surface area (Å²) < 4.78 is 0.691. The van der Waals surface area contributed by atoms with Crippen molar-refractivity contribution in [2.75, 3.05) is 6.54 Å². The fourth-order valence-electron chi connectivity index (χ4n) is 0.938. The van der Waals surface area contributed by atoms with Gasteiger partial charge in [-0.1, -0.05) is 11.6 Å². The summed E-state index contributed by atoms with van der Waals surface area (Å²) in [7, 11) is 0. The highest BCUT2D eigenvalue weighted by Gasteiger charge is 2.12. The van der Waals surface area contributed by atoms with Crippen LogP contribution in [-0.2, 0) is 4.79 Å². The second-order valence-corrected chi connectivity index (χ2v) is 5.75. The third-order valence-corrected chi connectivity index (χ3v) is 2.88. The van der Waals surface area contributed by atoms with E-state index in [0.29, 0.717) is 4.34 Å². The van der Waals surface area contributed by atoms with E-state index in [9.17, 15) is 9.90 Å². The van der Waals surface area contributed by atoms with E-state index in [-0.39, 0.29) is 12.5 Å². The molecule has 1 heterocycles. The topological polar surface area (TPSA) is 49.3 Å². The molecular weight excluding hydrogens is 246 g/mol. The Hall–Kier alpha value is -0.840. The van der Waals surface area contributed by atoms with Crippen LogP contribution >= 0.6 is 22.9 Å². The van der Waals surface area contributed by atoms with Gasteiger partial charge >= 0.3 is 0 Å². The number of carbonyl (C=O) groups excluding carboxylic acids is 1. The van der Waals surface area contributed by atoms with Crippen molar-refractivity contribution in [3.8, 4) is 0 Å². The largest absolute Gasteiger partial charge is 0.389 e. The molecule has 0 unspecified atom stereocenters. The van der Waals surface area contributed by atoms with Crippen molar-refractivity contribution >= 4 is 34.9 Å². The quantitative estimate of drug-likeness (QED) is 0.816. The van der Waals surface area contributed by atoms with Crippen LogP contribution < -0.4 is 5.32 Å². The van der Waals surface area contributed by atoms with Crippen LogP contribution in [0.25, 0.3) is 6.08 Å². The number of carbonyl (C=O) groups is 1. The fourth-order valence-corrected chi connectivity index (χ4v) is 1.90. The molecule has 0 spiro atoms. The van der Waals surface area contributed by atoms with E-state index in [2.05, 4.69) is 5.32 Å². The third kappa shape index (κ3) is 5.30. The minimum Gasteiger partial charge on any atom is -0.389 e. The summed E-state index contributed by atoms with van der Waals surface area (Å²) in [6.45, 7) is 3.49. The van der Waals surface area contributed by atoms with E-state index >= 15 is 0 Å². The van der Waals surface area contributed by atoms with Crippen LogP contribution in [0.2, 0.25) is 4.34 Å². The fraction of sp³-hybridized carbons (Fsp3) is 0.364. The zero-order valence-corrected chi connectivity index (χ0v) is 10.7. The van der Waals surface area contributed by atoms with Crippen molar-refractivity contribution in [1.29, 1.82) is 0 Å². The maximum atomic E-state index is 11.3. The molecule has 0 aliphatic heterocycles. The van der Waals surface area contributed by atoms with Gasteiger partial charge in [-0.15, -0.1) is 11.3 Å². The van der Waals surface area contributed by atoms with Crippen molar-refractivity contribution in [3.05, 3.63) is 27.4 Å². The molecule has 3 nitrogen and oxygen atoms in total.